The van der Waals surface area contributed by atoms with E-state index in [-0.39, 0.29) is 13.0 Å². The number of rotatable bonds is 7. The lowest BCUT2D eigenvalue weighted by atomic mass is 9.98. The number of carbonyl (C=O) groups excluding carboxylic acids is 3. The van der Waals surface area contributed by atoms with E-state index in [0.717, 1.165) is 0 Å². The minimum absolute atomic E-state index is 0.00350. The fourth-order valence-electron chi connectivity index (χ4n) is 1.37. The third kappa shape index (κ3) is 5.62. The maximum Gasteiger partial charge on any atom is 0.328 e. The predicted molar refractivity (Wildman–Crippen MR) is 61.6 cm³/mol. The quantitative estimate of drug-likeness (QED) is 0.621. The molecule has 0 aromatic rings. The summed E-state index contributed by atoms with van der Waals surface area (Å²) in [4.78, 5) is 34.0. The van der Waals surface area contributed by atoms with Gasteiger partial charge in [0.25, 0.3) is 0 Å². The number of amides is 1. The summed E-state index contributed by atoms with van der Waals surface area (Å²) in [5, 5.41) is 2.45. The van der Waals surface area contributed by atoms with Crippen LogP contribution in [0.4, 0.5) is 0 Å². The van der Waals surface area contributed by atoms with Gasteiger partial charge in [-0.05, 0) is 5.92 Å². The maximum atomic E-state index is 11.5. The molecule has 7 nitrogen and oxygen atoms in total. The molecule has 1 N–H and O–H groups in total. The van der Waals surface area contributed by atoms with Crippen molar-refractivity contribution in [3.63, 3.8) is 0 Å². The number of hydrogen-bond donors (Lipinski definition) is 1. The Bertz CT molecular complexity index is 304. The van der Waals surface area contributed by atoms with Gasteiger partial charge in [-0.15, -0.1) is 0 Å². The fourth-order valence-corrected chi connectivity index (χ4v) is 1.37. The molecule has 7 heteroatoms. The summed E-state index contributed by atoms with van der Waals surface area (Å²) in [7, 11) is 3.83. The molecule has 0 aliphatic carbocycles. The Morgan fingerprint density at radius 2 is 1.72 bits per heavy atom. The topological polar surface area (TPSA) is 90.9 Å². The molecule has 0 bridgehead atoms. The van der Waals surface area contributed by atoms with E-state index in [9.17, 15) is 14.4 Å². The van der Waals surface area contributed by atoms with Crippen LogP contribution in [0.3, 0.4) is 0 Å². The van der Waals surface area contributed by atoms with Gasteiger partial charge in [-0.2, -0.15) is 0 Å². The maximum absolute atomic E-state index is 11.5. The first-order valence-corrected chi connectivity index (χ1v) is 5.39. The van der Waals surface area contributed by atoms with Crippen LogP contribution in [0.15, 0.2) is 0 Å². The molecule has 0 radical (unpaired) electrons. The third-order valence-electron chi connectivity index (χ3n) is 2.33. The van der Waals surface area contributed by atoms with Gasteiger partial charge in [-0.1, -0.05) is 6.92 Å². The molecule has 0 spiro atoms. The molecule has 0 aromatic heterocycles. The van der Waals surface area contributed by atoms with E-state index in [4.69, 9.17) is 0 Å². The standard InChI is InChI=1S/C11H19NO6/c1-7(5-9(14)17-3)10(11(15)18-4)12-8(13)6-16-2/h7,10H,5-6H2,1-4H3,(H,12,13)/t7-,10-/m1/s1. The molecule has 104 valence electrons. The van der Waals surface area contributed by atoms with Crippen LogP contribution in [0.25, 0.3) is 0 Å². The van der Waals surface area contributed by atoms with Crippen molar-refractivity contribution >= 4 is 17.8 Å². The van der Waals surface area contributed by atoms with Crippen LogP contribution in [0.1, 0.15) is 13.3 Å². The smallest absolute Gasteiger partial charge is 0.328 e. The first kappa shape index (κ1) is 16.4. The molecule has 0 saturated heterocycles. The van der Waals surface area contributed by atoms with Gasteiger partial charge in [0, 0.05) is 7.11 Å². The van der Waals surface area contributed by atoms with Crippen LogP contribution in [0.2, 0.25) is 0 Å². The molecule has 0 aliphatic heterocycles. The molecule has 0 rings (SSSR count). The van der Waals surface area contributed by atoms with E-state index in [0.29, 0.717) is 0 Å². The second kappa shape index (κ2) is 8.46. The Balaban J connectivity index is 4.61. The normalized spacial score (nSPS) is 13.3. The summed E-state index contributed by atoms with van der Waals surface area (Å²) in [5.41, 5.74) is 0. The molecule has 0 saturated carbocycles. The van der Waals surface area contributed by atoms with Crippen molar-refractivity contribution in [3.05, 3.63) is 0 Å². The van der Waals surface area contributed by atoms with Crippen LogP contribution < -0.4 is 5.32 Å². The van der Waals surface area contributed by atoms with Crippen molar-refractivity contribution < 1.29 is 28.6 Å². The number of carbonyl (C=O) groups is 3. The Labute approximate surface area is 106 Å². The Hall–Kier alpha value is -1.63. The van der Waals surface area contributed by atoms with E-state index in [1.165, 1.54) is 21.3 Å². The fraction of sp³-hybridized carbons (Fsp3) is 0.727. The highest BCUT2D eigenvalue weighted by Gasteiger charge is 2.29. The van der Waals surface area contributed by atoms with Crippen molar-refractivity contribution in [3.8, 4) is 0 Å². The van der Waals surface area contributed by atoms with Crippen LogP contribution in [0.5, 0.6) is 0 Å². The third-order valence-corrected chi connectivity index (χ3v) is 2.33. The summed E-state index contributed by atoms with van der Waals surface area (Å²) in [6.45, 7) is 1.48. The lowest BCUT2D eigenvalue weighted by Gasteiger charge is -2.21. The van der Waals surface area contributed by atoms with Gasteiger partial charge in [-0.3, -0.25) is 9.59 Å². The molecule has 0 aliphatic rings. The SMILES string of the molecule is COCC(=O)N[C@@H](C(=O)OC)[C@H](C)CC(=O)OC. The summed E-state index contributed by atoms with van der Waals surface area (Å²) in [5.74, 6) is -1.97. The highest BCUT2D eigenvalue weighted by molar-refractivity contribution is 5.85. The van der Waals surface area contributed by atoms with E-state index < -0.39 is 29.8 Å². The molecular weight excluding hydrogens is 242 g/mol. The average Bonchev–Trinajstić information content (AvgIpc) is 2.34. The summed E-state index contributed by atoms with van der Waals surface area (Å²) in [6.07, 6.45) is 0.00350. The number of methoxy groups -OCH3 is 3. The average molecular weight is 261 g/mol. The highest BCUT2D eigenvalue weighted by Crippen LogP contribution is 2.11. The molecule has 1 amide bonds. The number of esters is 2. The monoisotopic (exact) mass is 261 g/mol. The van der Waals surface area contributed by atoms with Crippen molar-refractivity contribution in [2.75, 3.05) is 27.9 Å². The zero-order valence-electron chi connectivity index (χ0n) is 11.0. The number of ether oxygens (including phenoxy) is 3. The van der Waals surface area contributed by atoms with Crippen LogP contribution in [-0.2, 0) is 28.6 Å². The first-order valence-electron chi connectivity index (χ1n) is 5.39. The largest absolute Gasteiger partial charge is 0.469 e. The van der Waals surface area contributed by atoms with E-state index in [2.05, 4.69) is 19.5 Å². The van der Waals surface area contributed by atoms with Gasteiger partial charge in [0.05, 0.1) is 20.6 Å². The molecule has 0 heterocycles. The van der Waals surface area contributed by atoms with Crippen LogP contribution in [0, 0.1) is 5.92 Å². The lowest BCUT2D eigenvalue weighted by molar-refractivity contribution is -0.148. The Kier molecular flexibility index (Phi) is 7.69. The zero-order chi connectivity index (χ0) is 14.1. The highest BCUT2D eigenvalue weighted by atomic mass is 16.5. The van der Waals surface area contributed by atoms with Gasteiger partial charge in [0.2, 0.25) is 5.91 Å². The zero-order valence-corrected chi connectivity index (χ0v) is 11.0. The van der Waals surface area contributed by atoms with Gasteiger partial charge in [0.15, 0.2) is 0 Å². The second-order valence-corrected chi connectivity index (χ2v) is 3.76. The van der Waals surface area contributed by atoms with E-state index >= 15 is 0 Å². The van der Waals surface area contributed by atoms with Gasteiger partial charge in [0.1, 0.15) is 12.6 Å². The molecular formula is C11H19NO6. The molecule has 0 unspecified atom stereocenters. The lowest BCUT2D eigenvalue weighted by Crippen LogP contribution is -2.47. The first-order chi connectivity index (χ1) is 8.46. The minimum Gasteiger partial charge on any atom is -0.469 e. The molecule has 0 fully saturated rings. The number of hydrogen-bond acceptors (Lipinski definition) is 6. The van der Waals surface area contributed by atoms with E-state index in [1.54, 1.807) is 6.92 Å². The Morgan fingerprint density at radius 3 is 2.17 bits per heavy atom. The molecule has 2 atom stereocenters. The number of nitrogens with one attached hydrogen (secondary N) is 1. The van der Waals surface area contributed by atoms with Crippen molar-refractivity contribution in [1.82, 2.24) is 5.32 Å². The summed E-state index contributed by atoms with van der Waals surface area (Å²) >= 11 is 0. The molecule has 0 aromatic carbocycles. The van der Waals surface area contributed by atoms with Crippen LogP contribution in [-0.4, -0.2) is 51.8 Å². The van der Waals surface area contributed by atoms with Gasteiger partial charge >= 0.3 is 11.9 Å². The van der Waals surface area contributed by atoms with Crippen molar-refractivity contribution in [1.29, 1.82) is 0 Å². The van der Waals surface area contributed by atoms with Gasteiger partial charge in [-0.25, -0.2) is 4.79 Å². The summed E-state index contributed by atoms with van der Waals surface area (Å²) < 4.78 is 13.7. The second-order valence-electron chi connectivity index (χ2n) is 3.76. The van der Waals surface area contributed by atoms with Crippen molar-refractivity contribution in [2.45, 2.75) is 19.4 Å². The van der Waals surface area contributed by atoms with Crippen LogP contribution >= 0.6 is 0 Å². The van der Waals surface area contributed by atoms with Gasteiger partial charge < -0.3 is 19.5 Å². The van der Waals surface area contributed by atoms with E-state index in [1.807, 2.05) is 0 Å². The van der Waals surface area contributed by atoms with Crippen molar-refractivity contribution in [2.24, 2.45) is 5.92 Å². The molecule has 18 heavy (non-hydrogen) atoms. The predicted octanol–water partition coefficient (Wildman–Crippen LogP) is -0.510. The summed E-state index contributed by atoms with van der Waals surface area (Å²) in [6, 6.07) is -0.906. The minimum atomic E-state index is -0.906. The Morgan fingerprint density at radius 1 is 1.11 bits per heavy atom.